The van der Waals surface area contributed by atoms with Crippen molar-refractivity contribution in [2.75, 3.05) is 6.61 Å². The number of piperidine rings is 1. The number of carbonyl (C=O) groups is 2. The van der Waals surface area contributed by atoms with E-state index in [4.69, 9.17) is 21.1 Å². The van der Waals surface area contributed by atoms with E-state index in [1.807, 2.05) is 18.2 Å². The van der Waals surface area contributed by atoms with E-state index in [1.165, 1.54) is 0 Å². The topological polar surface area (TPSA) is 76.1 Å². The molecule has 5 atom stereocenters. The fourth-order valence-electron chi connectivity index (χ4n) is 3.97. The van der Waals surface area contributed by atoms with Gasteiger partial charge in [-0.15, -0.1) is 0 Å². The normalized spacial score (nSPS) is 26.9. The van der Waals surface area contributed by atoms with Crippen molar-refractivity contribution in [3.05, 3.63) is 35.9 Å². The molecule has 3 rings (SSSR count). The molecule has 1 aromatic carbocycles. The van der Waals surface area contributed by atoms with Crippen LogP contribution in [0.3, 0.4) is 0 Å². The zero-order valence-corrected chi connectivity index (χ0v) is 15.5. The fourth-order valence-corrected chi connectivity index (χ4v) is 4.05. The van der Waals surface area contributed by atoms with Crippen molar-refractivity contribution >= 4 is 23.7 Å². The molecule has 0 aromatic heterocycles. The molecule has 142 valence electrons. The van der Waals surface area contributed by atoms with Gasteiger partial charge in [-0.1, -0.05) is 41.9 Å². The number of esters is 1. The van der Waals surface area contributed by atoms with Crippen LogP contribution in [0.15, 0.2) is 30.3 Å². The third-order valence-corrected chi connectivity index (χ3v) is 5.20. The number of fused-ring (bicyclic) bond motifs is 2. The number of amides is 1. The second-order valence-electron chi connectivity index (χ2n) is 6.90. The third-order valence-electron chi connectivity index (χ3n) is 5.12. The van der Waals surface area contributed by atoms with Gasteiger partial charge in [-0.05, 0) is 25.3 Å². The van der Waals surface area contributed by atoms with Crippen molar-refractivity contribution in [1.29, 1.82) is 0 Å². The number of benzene rings is 1. The molecule has 2 bridgehead atoms. The van der Waals surface area contributed by atoms with E-state index in [9.17, 15) is 14.7 Å². The van der Waals surface area contributed by atoms with Crippen LogP contribution >= 0.6 is 11.6 Å². The molecule has 0 radical (unpaired) electrons. The lowest BCUT2D eigenvalue weighted by Gasteiger charge is -2.38. The Balaban J connectivity index is 1.61. The van der Waals surface area contributed by atoms with Gasteiger partial charge in [0, 0.05) is 24.9 Å². The van der Waals surface area contributed by atoms with E-state index in [-0.39, 0.29) is 24.8 Å². The number of alkyl halides is 1. The molecule has 0 saturated carbocycles. The maximum Gasteiger partial charge on any atom is 0.411 e. The number of halogens is 1. The molecule has 7 heteroatoms. The number of hydrogen-bond acceptors (Lipinski definition) is 5. The van der Waals surface area contributed by atoms with Crippen LogP contribution in [-0.2, 0) is 14.3 Å². The van der Waals surface area contributed by atoms with E-state index < -0.39 is 23.5 Å². The molecular weight excluding hydrogens is 358 g/mol. The SMILES string of the molecule is CC(Cl)OC(=O)N1[C@@H]2CC[C@H]1CC(OC(=O)C(CO)c1ccccc1)C2. The van der Waals surface area contributed by atoms with E-state index in [0.29, 0.717) is 12.8 Å². The molecule has 2 fully saturated rings. The summed E-state index contributed by atoms with van der Waals surface area (Å²) in [5, 5.41) is 9.61. The Labute approximate surface area is 158 Å². The highest BCUT2D eigenvalue weighted by atomic mass is 35.5. The van der Waals surface area contributed by atoms with Gasteiger partial charge in [-0.2, -0.15) is 0 Å². The largest absolute Gasteiger partial charge is 0.462 e. The van der Waals surface area contributed by atoms with Crippen LogP contribution in [0.5, 0.6) is 0 Å². The van der Waals surface area contributed by atoms with Gasteiger partial charge in [0.25, 0.3) is 0 Å². The molecular formula is C19H24ClNO5. The Morgan fingerprint density at radius 2 is 1.85 bits per heavy atom. The Bertz CT molecular complexity index is 624. The van der Waals surface area contributed by atoms with Crippen molar-refractivity contribution in [1.82, 2.24) is 4.90 Å². The third kappa shape index (κ3) is 4.13. The predicted molar refractivity (Wildman–Crippen MR) is 95.8 cm³/mol. The molecule has 6 nitrogen and oxygen atoms in total. The molecule has 2 aliphatic rings. The average molecular weight is 382 g/mol. The molecule has 2 aliphatic heterocycles. The van der Waals surface area contributed by atoms with E-state index in [0.717, 1.165) is 18.4 Å². The minimum absolute atomic E-state index is 0.00114. The lowest BCUT2D eigenvalue weighted by Crippen LogP contribution is -2.49. The van der Waals surface area contributed by atoms with Crippen LogP contribution < -0.4 is 0 Å². The van der Waals surface area contributed by atoms with Crippen molar-refractivity contribution in [2.45, 2.75) is 62.3 Å². The van der Waals surface area contributed by atoms with Crippen LogP contribution in [0.4, 0.5) is 4.79 Å². The van der Waals surface area contributed by atoms with Crippen LogP contribution in [-0.4, -0.2) is 52.4 Å². The molecule has 2 saturated heterocycles. The summed E-state index contributed by atoms with van der Waals surface area (Å²) < 4.78 is 10.8. The summed E-state index contributed by atoms with van der Waals surface area (Å²) in [5.74, 6) is -1.11. The first-order valence-electron chi connectivity index (χ1n) is 8.99. The van der Waals surface area contributed by atoms with E-state index in [2.05, 4.69) is 0 Å². The predicted octanol–water partition coefficient (Wildman–Crippen LogP) is 3.02. The van der Waals surface area contributed by atoms with Crippen LogP contribution in [0, 0.1) is 0 Å². The number of aliphatic hydroxyl groups excluding tert-OH is 1. The summed E-state index contributed by atoms with van der Waals surface area (Å²) in [6.07, 6.45) is 2.25. The van der Waals surface area contributed by atoms with Crippen molar-refractivity contribution in [2.24, 2.45) is 0 Å². The highest BCUT2D eigenvalue weighted by Crippen LogP contribution is 2.38. The summed E-state index contributed by atoms with van der Waals surface area (Å²) >= 11 is 5.75. The lowest BCUT2D eigenvalue weighted by atomic mass is 9.98. The first-order chi connectivity index (χ1) is 12.5. The maximum atomic E-state index is 12.5. The first-order valence-corrected chi connectivity index (χ1v) is 9.42. The second kappa shape index (κ2) is 8.27. The minimum Gasteiger partial charge on any atom is -0.462 e. The monoisotopic (exact) mass is 381 g/mol. The minimum atomic E-state index is -0.686. The van der Waals surface area contributed by atoms with Gasteiger partial charge in [-0.25, -0.2) is 4.79 Å². The van der Waals surface area contributed by atoms with Crippen molar-refractivity contribution < 1.29 is 24.2 Å². The Morgan fingerprint density at radius 1 is 1.23 bits per heavy atom. The Morgan fingerprint density at radius 3 is 2.38 bits per heavy atom. The molecule has 26 heavy (non-hydrogen) atoms. The number of hydrogen-bond donors (Lipinski definition) is 1. The molecule has 3 unspecified atom stereocenters. The number of rotatable bonds is 5. The second-order valence-corrected chi connectivity index (χ2v) is 7.51. The van der Waals surface area contributed by atoms with Crippen molar-refractivity contribution in [3.8, 4) is 0 Å². The number of carbonyl (C=O) groups excluding carboxylic acids is 2. The molecule has 2 heterocycles. The Kier molecular flexibility index (Phi) is 6.04. The van der Waals surface area contributed by atoms with Gasteiger partial charge in [0.15, 0.2) is 5.56 Å². The quantitative estimate of drug-likeness (QED) is 0.626. The number of aliphatic hydroxyl groups is 1. The fraction of sp³-hybridized carbons (Fsp3) is 0.579. The first kappa shape index (κ1) is 19.0. The zero-order chi connectivity index (χ0) is 18.7. The zero-order valence-electron chi connectivity index (χ0n) is 14.7. The smallest absolute Gasteiger partial charge is 0.411 e. The van der Waals surface area contributed by atoms with Gasteiger partial charge in [-0.3, -0.25) is 4.79 Å². The maximum absolute atomic E-state index is 12.5. The molecule has 1 amide bonds. The van der Waals surface area contributed by atoms with E-state index in [1.54, 1.807) is 24.0 Å². The van der Waals surface area contributed by atoms with Gasteiger partial charge in [0.05, 0.1) is 6.61 Å². The summed E-state index contributed by atoms with van der Waals surface area (Å²) in [6, 6.07) is 9.12. The van der Waals surface area contributed by atoms with Gasteiger partial charge >= 0.3 is 12.1 Å². The summed E-state index contributed by atoms with van der Waals surface area (Å²) in [6.45, 7) is 1.31. The van der Waals surface area contributed by atoms with Gasteiger partial charge in [0.1, 0.15) is 12.0 Å². The summed E-state index contributed by atoms with van der Waals surface area (Å²) in [5.41, 5.74) is 0.0636. The van der Waals surface area contributed by atoms with Gasteiger partial charge in [0.2, 0.25) is 0 Å². The number of nitrogens with zero attached hydrogens (tertiary/aromatic N) is 1. The van der Waals surface area contributed by atoms with Crippen LogP contribution in [0.25, 0.3) is 0 Å². The molecule has 1 aromatic rings. The average Bonchev–Trinajstić information content (AvgIpc) is 2.87. The highest BCUT2D eigenvalue weighted by Gasteiger charge is 2.45. The van der Waals surface area contributed by atoms with Crippen LogP contribution in [0.2, 0.25) is 0 Å². The molecule has 1 N–H and O–H groups in total. The molecule has 0 aliphatic carbocycles. The highest BCUT2D eigenvalue weighted by molar-refractivity contribution is 6.19. The summed E-state index contributed by atoms with van der Waals surface area (Å²) in [7, 11) is 0. The Hall–Kier alpha value is -1.79. The number of ether oxygens (including phenoxy) is 2. The summed E-state index contributed by atoms with van der Waals surface area (Å²) in [4.78, 5) is 26.5. The van der Waals surface area contributed by atoms with Gasteiger partial charge < -0.3 is 19.5 Å². The standard InChI is InChI=1S/C19H24ClNO5/c1-12(20)25-19(24)21-14-7-8-15(21)10-16(9-14)26-18(23)17(11-22)13-5-3-2-4-6-13/h2-6,12,14-17,22H,7-11H2,1H3/t12?,14-,15+,16?,17?. The molecule has 0 spiro atoms. The lowest BCUT2D eigenvalue weighted by molar-refractivity contribution is -0.155. The van der Waals surface area contributed by atoms with E-state index >= 15 is 0 Å². The van der Waals surface area contributed by atoms with Crippen molar-refractivity contribution in [3.63, 3.8) is 0 Å². The van der Waals surface area contributed by atoms with Crippen LogP contribution in [0.1, 0.15) is 44.1 Å².